The number of thioether (sulfide) groups is 1. The average molecular weight is 429 g/mol. The Morgan fingerprint density at radius 3 is 2.53 bits per heavy atom. The molecule has 0 unspecified atom stereocenters. The Labute approximate surface area is 183 Å². The second-order valence-electron chi connectivity index (χ2n) is 6.46. The maximum absolute atomic E-state index is 13.4. The molecule has 2 aromatic carbocycles. The number of halogens is 1. The van der Waals surface area contributed by atoms with Crippen LogP contribution < -0.4 is 0 Å². The van der Waals surface area contributed by atoms with E-state index in [4.69, 9.17) is 4.98 Å². The van der Waals surface area contributed by atoms with Crippen LogP contribution >= 0.6 is 23.1 Å². The summed E-state index contributed by atoms with van der Waals surface area (Å²) in [7, 11) is 0. The molecule has 0 radical (unpaired) electrons. The van der Waals surface area contributed by atoms with Gasteiger partial charge in [0.2, 0.25) is 0 Å². The number of hydrogen-bond donors (Lipinski definition) is 0. The summed E-state index contributed by atoms with van der Waals surface area (Å²) in [5.41, 5.74) is 4.03. The highest BCUT2D eigenvalue weighted by Crippen LogP contribution is 2.35. The second-order valence-corrected chi connectivity index (χ2v) is 8.41. The summed E-state index contributed by atoms with van der Waals surface area (Å²) >= 11 is 3.13. The minimum atomic E-state index is -0.301. The molecule has 0 aliphatic heterocycles. The summed E-state index contributed by atoms with van der Waals surface area (Å²) in [5.74, 6) is 0.387. The van der Waals surface area contributed by atoms with E-state index in [0.717, 1.165) is 27.3 Å². The number of benzene rings is 2. The van der Waals surface area contributed by atoms with Gasteiger partial charge in [-0.2, -0.15) is 5.26 Å². The van der Waals surface area contributed by atoms with Crippen LogP contribution in [0.2, 0.25) is 0 Å². The van der Waals surface area contributed by atoms with Crippen molar-refractivity contribution >= 4 is 29.2 Å². The molecule has 4 aromatic rings. The summed E-state index contributed by atoms with van der Waals surface area (Å²) < 4.78 is 13.4. The van der Waals surface area contributed by atoms with Crippen molar-refractivity contribution in [2.75, 3.05) is 5.75 Å². The molecule has 30 heavy (non-hydrogen) atoms. The molecular weight excluding hydrogens is 411 g/mol. The number of rotatable bonds is 6. The van der Waals surface area contributed by atoms with Crippen LogP contribution in [0.5, 0.6) is 0 Å². The van der Waals surface area contributed by atoms with E-state index in [2.05, 4.69) is 18.2 Å². The van der Waals surface area contributed by atoms with Crippen molar-refractivity contribution in [2.45, 2.75) is 5.03 Å². The maximum Gasteiger partial charge on any atom is 0.123 e. The maximum atomic E-state index is 13.4. The van der Waals surface area contributed by atoms with Crippen molar-refractivity contribution in [3.8, 4) is 27.8 Å². The van der Waals surface area contributed by atoms with E-state index < -0.39 is 0 Å². The molecule has 0 spiro atoms. The zero-order valence-corrected chi connectivity index (χ0v) is 17.6. The lowest BCUT2D eigenvalue weighted by Gasteiger charge is -2.11. The number of thiophene rings is 1. The Balaban J connectivity index is 1.70. The summed E-state index contributed by atoms with van der Waals surface area (Å²) in [5, 5.41) is 12.6. The van der Waals surface area contributed by atoms with Gasteiger partial charge in [0.1, 0.15) is 16.9 Å². The van der Waals surface area contributed by atoms with Gasteiger partial charge in [-0.1, -0.05) is 60.7 Å². The van der Waals surface area contributed by atoms with E-state index >= 15 is 0 Å². The zero-order chi connectivity index (χ0) is 20.8. The highest BCUT2D eigenvalue weighted by molar-refractivity contribution is 7.99. The number of nitriles is 1. The third-order valence-corrected chi connectivity index (χ3v) is 6.27. The molecule has 0 aliphatic rings. The van der Waals surface area contributed by atoms with Crippen molar-refractivity contribution in [3.63, 3.8) is 0 Å². The minimum absolute atomic E-state index is 0.301. The molecule has 0 fully saturated rings. The fourth-order valence-corrected chi connectivity index (χ4v) is 4.52. The molecule has 0 bridgehead atoms. The zero-order valence-electron chi connectivity index (χ0n) is 16.0. The number of aromatic nitrogens is 1. The van der Waals surface area contributed by atoms with Crippen molar-refractivity contribution < 1.29 is 4.39 Å². The molecule has 2 heterocycles. The fraction of sp³-hybridized carbons (Fsp3) is 0.0400. The van der Waals surface area contributed by atoms with Crippen LogP contribution in [0.1, 0.15) is 11.1 Å². The van der Waals surface area contributed by atoms with Gasteiger partial charge in [0.05, 0.1) is 16.1 Å². The minimum Gasteiger partial charge on any atom is -0.239 e. The third kappa shape index (κ3) is 4.68. The van der Waals surface area contributed by atoms with Crippen molar-refractivity contribution in [1.29, 1.82) is 5.26 Å². The van der Waals surface area contributed by atoms with Crippen LogP contribution in [0.4, 0.5) is 4.39 Å². The highest BCUT2D eigenvalue weighted by Gasteiger charge is 2.16. The van der Waals surface area contributed by atoms with E-state index in [9.17, 15) is 9.65 Å². The van der Waals surface area contributed by atoms with E-state index in [-0.39, 0.29) is 5.82 Å². The highest BCUT2D eigenvalue weighted by atomic mass is 32.2. The van der Waals surface area contributed by atoms with Crippen LogP contribution in [-0.4, -0.2) is 10.7 Å². The van der Waals surface area contributed by atoms with Crippen LogP contribution in [-0.2, 0) is 0 Å². The second kappa shape index (κ2) is 9.53. The third-order valence-electron chi connectivity index (χ3n) is 4.45. The lowest BCUT2D eigenvalue weighted by atomic mass is 10.0. The molecule has 0 saturated heterocycles. The predicted octanol–water partition coefficient (Wildman–Crippen LogP) is 7.29. The molecule has 0 atom stereocenters. The lowest BCUT2D eigenvalue weighted by molar-refractivity contribution is 0.628. The van der Waals surface area contributed by atoms with Crippen LogP contribution in [0.3, 0.4) is 0 Å². The molecule has 4 rings (SSSR count). The molecule has 146 valence electrons. The SMILES string of the molecule is N#Cc1c(-c2ccc(F)cc2)cc(-c2cccs2)nc1SC/C=C\c1ccccc1. The Kier molecular flexibility index (Phi) is 6.38. The molecule has 0 amide bonds. The Hall–Kier alpha value is -3.20. The number of pyridine rings is 1. The predicted molar refractivity (Wildman–Crippen MR) is 124 cm³/mol. The van der Waals surface area contributed by atoms with E-state index in [1.807, 2.05) is 53.9 Å². The first-order chi connectivity index (χ1) is 14.7. The summed E-state index contributed by atoms with van der Waals surface area (Å²) in [6, 6.07) is 24.5. The smallest absolute Gasteiger partial charge is 0.123 e. The lowest BCUT2D eigenvalue weighted by Crippen LogP contribution is -1.95. The molecule has 0 N–H and O–H groups in total. The van der Waals surface area contributed by atoms with Gasteiger partial charge in [-0.25, -0.2) is 9.37 Å². The van der Waals surface area contributed by atoms with Crippen LogP contribution in [0, 0.1) is 17.1 Å². The number of nitrogens with zero attached hydrogens (tertiary/aromatic N) is 2. The summed E-state index contributed by atoms with van der Waals surface area (Å²) in [6.07, 6.45) is 4.13. The fourth-order valence-electron chi connectivity index (χ4n) is 3.02. The monoisotopic (exact) mass is 428 g/mol. The molecular formula is C25H17FN2S2. The standard InChI is InChI=1S/C25H17FN2S2/c26-20-12-10-19(11-13-20)21-16-23(24-9-5-14-29-24)28-25(22(21)17-27)30-15-4-8-18-6-2-1-3-7-18/h1-14,16H,15H2/b8-4-. The first-order valence-corrected chi connectivity index (χ1v) is 11.2. The van der Waals surface area contributed by atoms with E-state index in [1.54, 1.807) is 23.5 Å². The molecule has 5 heteroatoms. The first-order valence-electron chi connectivity index (χ1n) is 9.34. The van der Waals surface area contributed by atoms with Crippen molar-refractivity contribution in [1.82, 2.24) is 4.98 Å². The molecule has 0 aliphatic carbocycles. The number of hydrogen-bond acceptors (Lipinski definition) is 4. The van der Waals surface area contributed by atoms with Gasteiger partial charge < -0.3 is 0 Å². The average Bonchev–Trinajstić information content (AvgIpc) is 3.32. The van der Waals surface area contributed by atoms with Gasteiger partial charge in [-0.3, -0.25) is 0 Å². The van der Waals surface area contributed by atoms with Gasteiger partial charge in [-0.05, 0) is 40.8 Å². The normalized spacial score (nSPS) is 10.9. The Morgan fingerprint density at radius 1 is 1.03 bits per heavy atom. The van der Waals surface area contributed by atoms with Gasteiger partial charge >= 0.3 is 0 Å². The Morgan fingerprint density at radius 2 is 1.83 bits per heavy atom. The topological polar surface area (TPSA) is 36.7 Å². The van der Waals surface area contributed by atoms with Gasteiger partial charge in [0.15, 0.2) is 0 Å². The van der Waals surface area contributed by atoms with Crippen LogP contribution in [0.15, 0.2) is 89.3 Å². The van der Waals surface area contributed by atoms with Gasteiger partial charge in [-0.15, -0.1) is 23.1 Å². The van der Waals surface area contributed by atoms with Crippen molar-refractivity contribution in [2.24, 2.45) is 0 Å². The van der Waals surface area contributed by atoms with E-state index in [1.165, 1.54) is 23.9 Å². The first kappa shape index (κ1) is 20.1. The Bertz CT molecular complexity index is 1190. The summed E-state index contributed by atoms with van der Waals surface area (Å²) in [4.78, 5) is 5.81. The van der Waals surface area contributed by atoms with E-state index in [0.29, 0.717) is 16.3 Å². The summed E-state index contributed by atoms with van der Waals surface area (Å²) in [6.45, 7) is 0. The van der Waals surface area contributed by atoms with Gasteiger partial charge in [0.25, 0.3) is 0 Å². The quantitative estimate of drug-likeness (QED) is 0.303. The van der Waals surface area contributed by atoms with Gasteiger partial charge in [0, 0.05) is 11.3 Å². The van der Waals surface area contributed by atoms with Crippen LogP contribution in [0.25, 0.3) is 27.8 Å². The molecule has 2 aromatic heterocycles. The van der Waals surface area contributed by atoms with Crippen molar-refractivity contribution in [3.05, 3.63) is 101 Å². The molecule has 2 nitrogen and oxygen atoms in total. The molecule has 0 saturated carbocycles. The largest absolute Gasteiger partial charge is 0.239 e.